The third kappa shape index (κ3) is 2.61. The highest BCUT2D eigenvalue weighted by molar-refractivity contribution is 5.81. The lowest BCUT2D eigenvalue weighted by Crippen LogP contribution is -2.51. The largest absolute Gasteiger partial charge is 0.460 e. The summed E-state index contributed by atoms with van der Waals surface area (Å²) in [5.74, 6) is -0.0761. The first-order valence-electron chi connectivity index (χ1n) is 5.67. The molecule has 1 rings (SSSR count). The van der Waals surface area contributed by atoms with E-state index in [4.69, 9.17) is 9.47 Å². The second-order valence-corrected chi connectivity index (χ2v) is 4.66. The fourth-order valence-electron chi connectivity index (χ4n) is 2.30. The molecule has 1 aliphatic rings. The predicted molar refractivity (Wildman–Crippen MR) is 58.9 cm³/mol. The highest BCUT2D eigenvalue weighted by Gasteiger charge is 2.42. The molecule has 0 spiro atoms. The summed E-state index contributed by atoms with van der Waals surface area (Å²) in [6.45, 7) is 8.71. The molecule has 0 aromatic rings. The van der Waals surface area contributed by atoms with E-state index in [2.05, 4.69) is 0 Å². The van der Waals surface area contributed by atoms with Gasteiger partial charge in [-0.05, 0) is 19.8 Å². The summed E-state index contributed by atoms with van der Waals surface area (Å²) in [5.41, 5.74) is 0. The average molecular weight is 228 g/mol. The van der Waals surface area contributed by atoms with Gasteiger partial charge in [0.15, 0.2) is 5.78 Å². The molecular weight excluding hydrogens is 208 g/mol. The van der Waals surface area contributed by atoms with E-state index in [1.807, 2.05) is 20.8 Å². The van der Waals surface area contributed by atoms with Crippen molar-refractivity contribution in [3.63, 3.8) is 0 Å². The molecule has 1 aliphatic heterocycles. The Bertz CT molecular complexity index is 287. The van der Waals surface area contributed by atoms with E-state index in [1.165, 1.54) is 13.8 Å². The second kappa shape index (κ2) is 4.95. The summed E-state index contributed by atoms with van der Waals surface area (Å²) in [5, 5.41) is 0. The first-order valence-corrected chi connectivity index (χ1v) is 5.67. The fraction of sp³-hybridized carbons (Fsp3) is 0.833. The molecule has 16 heavy (non-hydrogen) atoms. The maximum Gasteiger partial charge on any atom is 0.303 e. The number of carbonyl (C=O) groups is 2. The monoisotopic (exact) mass is 228 g/mol. The molecule has 0 N–H and O–H groups in total. The van der Waals surface area contributed by atoms with E-state index in [1.54, 1.807) is 0 Å². The fourth-order valence-corrected chi connectivity index (χ4v) is 2.30. The summed E-state index contributed by atoms with van der Waals surface area (Å²) in [4.78, 5) is 22.4. The van der Waals surface area contributed by atoms with Gasteiger partial charge in [0.1, 0.15) is 12.2 Å². The lowest BCUT2D eigenvalue weighted by Gasteiger charge is -2.42. The summed E-state index contributed by atoms with van der Waals surface area (Å²) in [6.07, 6.45) is -0.871. The molecule has 0 aromatic heterocycles. The molecule has 0 saturated carbocycles. The zero-order chi connectivity index (χ0) is 12.5. The van der Waals surface area contributed by atoms with Crippen LogP contribution in [-0.4, -0.2) is 30.1 Å². The van der Waals surface area contributed by atoms with Gasteiger partial charge in [-0.25, -0.2) is 0 Å². The Labute approximate surface area is 96.3 Å². The molecule has 5 atom stereocenters. The third-order valence-electron chi connectivity index (χ3n) is 3.35. The SMILES string of the molecule is CC(=O)OC1C(C)OC(C(C)=O)C(C)C1C. The lowest BCUT2D eigenvalue weighted by molar-refractivity contribution is -0.191. The van der Waals surface area contributed by atoms with Crippen LogP contribution in [0.2, 0.25) is 0 Å². The van der Waals surface area contributed by atoms with Crippen molar-refractivity contribution in [1.29, 1.82) is 0 Å². The quantitative estimate of drug-likeness (QED) is 0.673. The Morgan fingerprint density at radius 1 is 1.06 bits per heavy atom. The van der Waals surface area contributed by atoms with Crippen molar-refractivity contribution in [3.8, 4) is 0 Å². The third-order valence-corrected chi connectivity index (χ3v) is 3.35. The topological polar surface area (TPSA) is 52.6 Å². The minimum absolute atomic E-state index is 0.0347. The second-order valence-electron chi connectivity index (χ2n) is 4.66. The van der Waals surface area contributed by atoms with Crippen LogP contribution in [0, 0.1) is 11.8 Å². The van der Waals surface area contributed by atoms with Gasteiger partial charge >= 0.3 is 5.97 Å². The Balaban J connectivity index is 2.79. The maximum absolute atomic E-state index is 11.4. The first-order chi connectivity index (χ1) is 7.34. The molecule has 0 aromatic carbocycles. The molecule has 92 valence electrons. The van der Waals surface area contributed by atoms with Crippen molar-refractivity contribution in [2.45, 2.75) is 52.9 Å². The van der Waals surface area contributed by atoms with Crippen LogP contribution in [0.15, 0.2) is 0 Å². The van der Waals surface area contributed by atoms with Crippen LogP contribution in [0.4, 0.5) is 0 Å². The first kappa shape index (κ1) is 13.2. The molecular formula is C12H20O4. The zero-order valence-corrected chi connectivity index (χ0v) is 10.5. The number of carbonyl (C=O) groups excluding carboxylic acids is 2. The van der Waals surface area contributed by atoms with Crippen LogP contribution in [0.5, 0.6) is 0 Å². The molecule has 0 aliphatic carbocycles. The highest BCUT2D eigenvalue weighted by Crippen LogP contribution is 2.32. The van der Waals surface area contributed by atoms with E-state index in [0.29, 0.717) is 0 Å². The van der Waals surface area contributed by atoms with E-state index in [0.717, 1.165) is 0 Å². The van der Waals surface area contributed by atoms with Crippen LogP contribution in [-0.2, 0) is 19.1 Å². The van der Waals surface area contributed by atoms with E-state index in [-0.39, 0.29) is 41.9 Å². The van der Waals surface area contributed by atoms with Crippen molar-refractivity contribution < 1.29 is 19.1 Å². The number of ketones is 1. The van der Waals surface area contributed by atoms with Gasteiger partial charge < -0.3 is 9.47 Å². The van der Waals surface area contributed by atoms with Gasteiger partial charge in [-0.2, -0.15) is 0 Å². The summed E-state index contributed by atoms with van der Waals surface area (Å²) >= 11 is 0. The van der Waals surface area contributed by atoms with Gasteiger partial charge in [0, 0.05) is 12.8 Å². The van der Waals surface area contributed by atoms with Crippen LogP contribution in [0.3, 0.4) is 0 Å². The smallest absolute Gasteiger partial charge is 0.303 e. The molecule has 0 amide bonds. The lowest BCUT2D eigenvalue weighted by atomic mass is 9.80. The van der Waals surface area contributed by atoms with Gasteiger partial charge in [-0.3, -0.25) is 9.59 Å². The molecule has 0 bridgehead atoms. The minimum Gasteiger partial charge on any atom is -0.460 e. The minimum atomic E-state index is -0.378. The van der Waals surface area contributed by atoms with E-state index < -0.39 is 0 Å². The number of esters is 1. The average Bonchev–Trinajstić information content (AvgIpc) is 2.17. The molecule has 5 unspecified atom stereocenters. The Kier molecular flexibility index (Phi) is 4.08. The van der Waals surface area contributed by atoms with Crippen molar-refractivity contribution >= 4 is 11.8 Å². The molecule has 1 saturated heterocycles. The molecule has 4 nitrogen and oxygen atoms in total. The Hall–Kier alpha value is -0.900. The Morgan fingerprint density at radius 3 is 2.06 bits per heavy atom. The number of hydrogen-bond acceptors (Lipinski definition) is 4. The maximum atomic E-state index is 11.4. The van der Waals surface area contributed by atoms with Gasteiger partial charge in [-0.15, -0.1) is 0 Å². The normalized spacial score (nSPS) is 39.2. The summed E-state index contributed by atoms with van der Waals surface area (Å²) in [7, 11) is 0. The van der Waals surface area contributed by atoms with Crippen molar-refractivity contribution in [3.05, 3.63) is 0 Å². The van der Waals surface area contributed by atoms with Crippen molar-refractivity contribution in [2.75, 3.05) is 0 Å². The van der Waals surface area contributed by atoms with Gasteiger partial charge in [0.25, 0.3) is 0 Å². The zero-order valence-electron chi connectivity index (χ0n) is 10.5. The van der Waals surface area contributed by atoms with Gasteiger partial charge in [-0.1, -0.05) is 13.8 Å². The number of rotatable bonds is 2. The van der Waals surface area contributed by atoms with E-state index >= 15 is 0 Å². The number of hydrogen-bond donors (Lipinski definition) is 0. The number of Topliss-reactive ketones (excluding diaryl/α,β-unsaturated/α-hetero) is 1. The standard InChI is InChI=1S/C12H20O4/c1-6-7(2)12(16-10(5)14)9(4)15-11(6)8(3)13/h6-7,9,11-12H,1-5H3. The molecule has 0 radical (unpaired) electrons. The molecule has 1 fully saturated rings. The highest BCUT2D eigenvalue weighted by atomic mass is 16.6. The van der Waals surface area contributed by atoms with Gasteiger partial charge in [0.05, 0.1) is 6.10 Å². The molecule has 4 heteroatoms. The van der Waals surface area contributed by atoms with Crippen LogP contribution in [0.1, 0.15) is 34.6 Å². The van der Waals surface area contributed by atoms with Crippen molar-refractivity contribution in [2.24, 2.45) is 11.8 Å². The van der Waals surface area contributed by atoms with Gasteiger partial charge in [0.2, 0.25) is 0 Å². The van der Waals surface area contributed by atoms with Crippen LogP contribution in [0.25, 0.3) is 0 Å². The summed E-state index contributed by atoms with van der Waals surface area (Å²) in [6, 6.07) is 0. The number of ether oxygens (including phenoxy) is 2. The van der Waals surface area contributed by atoms with Crippen LogP contribution < -0.4 is 0 Å². The van der Waals surface area contributed by atoms with E-state index in [9.17, 15) is 9.59 Å². The Morgan fingerprint density at radius 2 is 1.62 bits per heavy atom. The van der Waals surface area contributed by atoms with Crippen LogP contribution >= 0.6 is 0 Å². The summed E-state index contributed by atoms with van der Waals surface area (Å²) < 4.78 is 10.9. The van der Waals surface area contributed by atoms with Crippen molar-refractivity contribution in [1.82, 2.24) is 0 Å². The molecule has 1 heterocycles. The predicted octanol–water partition coefficient (Wildman–Crippen LogP) is 1.57.